The van der Waals surface area contributed by atoms with Crippen molar-refractivity contribution in [3.8, 4) is 0 Å². The Morgan fingerprint density at radius 2 is 2.15 bits per heavy atom. The zero-order valence-corrected chi connectivity index (χ0v) is 17.0. The second-order valence-corrected chi connectivity index (χ2v) is 8.53. The zero-order valence-electron chi connectivity index (χ0n) is 16.2. The van der Waals surface area contributed by atoms with Crippen LogP contribution >= 0.6 is 11.8 Å². The van der Waals surface area contributed by atoms with Crippen molar-refractivity contribution in [1.29, 1.82) is 0 Å². The van der Waals surface area contributed by atoms with Gasteiger partial charge in [-0.3, -0.25) is 9.79 Å². The van der Waals surface area contributed by atoms with Crippen molar-refractivity contribution in [1.82, 2.24) is 9.80 Å². The number of aryl methyl sites for hydroxylation is 2. The van der Waals surface area contributed by atoms with Crippen LogP contribution in [0.25, 0.3) is 0 Å². The Morgan fingerprint density at radius 1 is 1.26 bits per heavy atom. The number of amides is 1. The molecule has 0 aliphatic carbocycles. The van der Waals surface area contributed by atoms with Crippen LogP contribution in [0, 0.1) is 13.8 Å². The Hall–Kier alpha value is -1.95. The lowest BCUT2D eigenvalue weighted by molar-refractivity contribution is -0.131. The predicted molar refractivity (Wildman–Crippen MR) is 113 cm³/mol. The molecule has 3 aliphatic heterocycles. The highest BCUT2D eigenvalue weighted by molar-refractivity contribution is 8.16. The maximum absolute atomic E-state index is 12.9. The first-order valence-corrected chi connectivity index (χ1v) is 10.8. The number of piperidine rings is 1. The van der Waals surface area contributed by atoms with Crippen molar-refractivity contribution in [2.45, 2.75) is 45.6 Å². The third-order valence-corrected chi connectivity index (χ3v) is 6.60. The molecule has 1 fully saturated rings. The minimum atomic E-state index is 0.236. The van der Waals surface area contributed by atoms with E-state index in [2.05, 4.69) is 52.7 Å². The summed E-state index contributed by atoms with van der Waals surface area (Å²) < 4.78 is 0. The van der Waals surface area contributed by atoms with Crippen molar-refractivity contribution >= 4 is 28.5 Å². The topological polar surface area (TPSA) is 47.9 Å². The smallest absolute Gasteiger partial charge is 0.228 e. The van der Waals surface area contributed by atoms with E-state index in [1.54, 1.807) is 11.8 Å². The lowest BCUT2D eigenvalue weighted by atomic mass is 10.0. The Labute approximate surface area is 165 Å². The molecular formula is C21H28N4OS. The molecule has 3 aliphatic rings. The molecule has 0 bridgehead atoms. The Balaban J connectivity index is 1.35. The summed E-state index contributed by atoms with van der Waals surface area (Å²) in [6.07, 6.45) is 3.72. The summed E-state index contributed by atoms with van der Waals surface area (Å²) in [4.78, 5) is 21.7. The highest BCUT2D eigenvalue weighted by Gasteiger charge is 2.29. The third kappa shape index (κ3) is 4.15. The van der Waals surface area contributed by atoms with Crippen molar-refractivity contribution in [3.05, 3.63) is 40.4 Å². The first-order chi connectivity index (χ1) is 13.1. The van der Waals surface area contributed by atoms with E-state index in [0.29, 0.717) is 12.5 Å². The molecule has 27 heavy (non-hydrogen) atoms. The first-order valence-electron chi connectivity index (χ1n) is 9.89. The highest BCUT2D eigenvalue weighted by Crippen LogP contribution is 2.31. The van der Waals surface area contributed by atoms with Gasteiger partial charge in [0, 0.05) is 43.6 Å². The molecule has 1 amide bonds. The second kappa shape index (κ2) is 7.97. The number of benzene rings is 1. The summed E-state index contributed by atoms with van der Waals surface area (Å²) in [5.74, 6) is 0.236. The molecule has 1 atom stereocenters. The number of nitrogens with zero attached hydrogens (tertiary/aromatic N) is 3. The normalized spacial score (nSPS) is 22.2. The molecule has 1 saturated heterocycles. The van der Waals surface area contributed by atoms with Crippen LogP contribution in [-0.2, 0) is 4.79 Å². The molecule has 0 aromatic heterocycles. The number of hydrogen-bond acceptors (Lipinski definition) is 5. The van der Waals surface area contributed by atoms with Crippen LogP contribution in [0.3, 0.4) is 0 Å². The lowest BCUT2D eigenvalue weighted by Gasteiger charge is -2.34. The summed E-state index contributed by atoms with van der Waals surface area (Å²) in [6, 6.07) is 6.82. The molecule has 6 heteroatoms. The van der Waals surface area contributed by atoms with E-state index in [9.17, 15) is 4.79 Å². The van der Waals surface area contributed by atoms with Crippen molar-refractivity contribution in [2.75, 3.05) is 31.5 Å². The van der Waals surface area contributed by atoms with E-state index in [0.717, 1.165) is 62.0 Å². The van der Waals surface area contributed by atoms with E-state index in [4.69, 9.17) is 0 Å². The number of anilines is 1. The van der Waals surface area contributed by atoms with Gasteiger partial charge in [0.15, 0.2) is 5.17 Å². The highest BCUT2D eigenvalue weighted by atomic mass is 32.2. The fourth-order valence-corrected chi connectivity index (χ4v) is 4.88. The van der Waals surface area contributed by atoms with E-state index in [1.165, 1.54) is 11.1 Å². The van der Waals surface area contributed by atoms with Gasteiger partial charge in [-0.1, -0.05) is 17.8 Å². The number of thioether (sulfide) groups is 1. The van der Waals surface area contributed by atoms with Gasteiger partial charge in [0.25, 0.3) is 0 Å². The van der Waals surface area contributed by atoms with Gasteiger partial charge < -0.3 is 15.1 Å². The molecule has 1 N–H and O–H groups in total. The Kier molecular flexibility index (Phi) is 5.43. The standard InChI is InChI=1S/C21H28N4OS/c1-15-6-7-17(11-16(15)2)23-18-5-3-9-24(13-18)20(26)12-19-14-27-21-22-8-4-10-25(19)21/h6-7,11,14,18,23H,3-5,8-10,12-13H2,1-2H3/t18-/m1/s1. The minimum absolute atomic E-state index is 0.236. The first kappa shape index (κ1) is 18.4. The number of carbonyl (C=O) groups is 1. The SMILES string of the molecule is Cc1ccc(N[C@@H]2CCCN(C(=O)CC3=CSC4=NCCCN34)C2)cc1C. The monoisotopic (exact) mass is 384 g/mol. The van der Waals surface area contributed by atoms with E-state index in [1.807, 2.05) is 4.90 Å². The van der Waals surface area contributed by atoms with Gasteiger partial charge in [-0.05, 0) is 61.8 Å². The van der Waals surface area contributed by atoms with Gasteiger partial charge in [0.1, 0.15) is 0 Å². The molecular weight excluding hydrogens is 356 g/mol. The summed E-state index contributed by atoms with van der Waals surface area (Å²) in [5.41, 5.74) is 4.88. The maximum Gasteiger partial charge on any atom is 0.228 e. The largest absolute Gasteiger partial charge is 0.381 e. The summed E-state index contributed by atoms with van der Waals surface area (Å²) in [7, 11) is 0. The number of hydrogen-bond donors (Lipinski definition) is 1. The molecule has 0 spiro atoms. The number of rotatable bonds is 4. The number of nitrogens with one attached hydrogen (secondary N) is 1. The van der Waals surface area contributed by atoms with Gasteiger partial charge in [-0.2, -0.15) is 0 Å². The molecule has 144 valence electrons. The Bertz CT molecular complexity index is 788. The fourth-order valence-electron chi connectivity index (χ4n) is 3.93. The third-order valence-electron chi connectivity index (χ3n) is 5.65. The quantitative estimate of drug-likeness (QED) is 0.859. The Morgan fingerprint density at radius 3 is 3.00 bits per heavy atom. The van der Waals surface area contributed by atoms with Gasteiger partial charge in [-0.15, -0.1) is 0 Å². The summed E-state index contributed by atoms with van der Waals surface area (Å²) in [6.45, 7) is 7.82. The van der Waals surface area contributed by atoms with Gasteiger partial charge in [0.2, 0.25) is 5.91 Å². The fraction of sp³-hybridized carbons (Fsp3) is 0.524. The molecule has 4 rings (SSSR count). The average molecular weight is 385 g/mol. The molecule has 0 unspecified atom stereocenters. The number of carbonyl (C=O) groups excluding carboxylic acids is 1. The number of fused-ring (bicyclic) bond motifs is 1. The van der Waals surface area contributed by atoms with E-state index in [-0.39, 0.29) is 5.91 Å². The maximum atomic E-state index is 12.9. The molecule has 1 aromatic rings. The van der Waals surface area contributed by atoms with Crippen LogP contribution in [0.1, 0.15) is 36.8 Å². The van der Waals surface area contributed by atoms with Gasteiger partial charge in [-0.25, -0.2) is 0 Å². The van der Waals surface area contributed by atoms with Gasteiger partial charge >= 0.3 is 0 Å². The average Bonchev–Trinajstić information content (AvgIpc) is 3.08. The predicted octanol–water partition coefficient (Wildman–Crippen LogP) is 3.75. The van der Waals surface area contributed by atoms with Crippen LogP contribution in [0.4, 0.5) is 5.69 Å². The van der Waals surface area contributed by atoms with Crippen LogP contribution in [0.15, 0.2) is 34.3 Å². The molecule has 0 saturated carbocycles. The van der Waals surface area contributed by atoms with Crippen molar-refractivity contribution < 1.29 is 4.79 Å². The number of likely N-dealkylation sites (tertiary alicyclic amines) is 1. The van der Waals surface area contributed by atoms with Crippen LogP contribution < -0.4 is 5.32 Å². The van der Waals surface area contributed by atoms with Crippen LogP contribution in [-0.4, -0.2) is 53.1 Å². The second-order valence-electron chi connectivity index (χ2n) is 7.70. The molecule has 5 nitrogen and oxygen atoms in total. The van der Waals surface area contributed by atoms with Crippen LogP contribution in [0.2, 0.25) is 0 Å². The summed E-state index contributed by atoms with van der Waals surface area (Å²) in [5, 5.41) is 6.81. The van der Waals surface area contributed by atoms with E-state index >= 15 is 0 Å². The minimum Gasteiger partial charge on any atom is -0.381 e. The van der Waals surface area contributed by atoms with Crippen molar-refractivity contribution in [3.63, 3.8) is 0 Å². The summed E-state index contributed by atoms with van der Waals surface area (Å²) >= 11 is 1.66. The molecule has 1 aromatic carbocycles. The van der Waals surface area contributed by atoms with Crippen molar-refractivity contribution in [2.24, 2.45) is 4.99 Å². The lowest BCUT2D eigenvalue weighted by Crippen LogP contribution is -2.45. The van der Waals surface area contributed by atoms with Gasteiger partial charge in [0.05, 0.1) is 6.42 Å². The van der Waals surface area contributed by atoms with E-state index < -0.39 is 0 Å². The number of aliphatic imine (C=N–C) groups is 1. The molecule has 3 heterocycles. The van der Waals surface area contributed by atoms with Crippen LogP contribution in [0.5, 0.6) is 0 Å². The zero-order chi connectivity index (χ0) is 18.8. The number of amidine groups is 1. The molecule has 0 radical (unpaired) electrons.